The van der Waals surface area contributed by atoms with Crippen LogP contribution in [0, 0.1) is 6.92 Å². The molecule has 2 heterocycles. The molecule has 72 valence electrons. The van der Waals surface area contributed by atoms with Gasteiger partial charge in [0.25, 0.3) is 0 Å². The highest BCUT2D eigenvalue weighted by Gasteiger charge is 2.18. The highest BCUT2D eigenvalue weighted by Crippen LogP contribution is 2.17. The van der Waals surface area contributed by atoms with Gasteiger partial charge in [-0.1, -0.05) is 0 Å². The van der Waals surface area contributed by atoms with Crippen LogP contribution in [-0.2, 0) is 0 Å². The van der Waals surface area contributed by atoms with E-state index in [4.69, 9.17) is 0 Å². The Morgan fingerprint density at radius 1 is 1.62 bits per heavy atom. The van der Waals surface area contributed by atoms with Crippen molar-refractivity contribution in [3.8, 4) is 0 Å². The molecule has 1 fully saturated rings. The standard InChI is InChI=1S/C8H14N4S/c1-6-5-12(4-3-9-6)8-10-7(2)11-13-8/h6,9H,3-5H2,1-2H3. The first-order valence-electron chi connectivity index (χ1n) is 4.54. The van der Waals surface area contributed by atoms with Crippen LogP contribution in [0.2, 0.25) is 0 Å². The highest BCUT2D eigenvalue weighted by atomic mass is 32.1. The molecule has 0 amide bonds. The Balaban J connectivity index is 2.08. The Hall–Kier alpha value is -0.680. The Morgan fingerprint density at radius 2 is 2.46 bits per heavy atom. The van der Waals surface area contributed by atoms with Crippen LogP contribution in [0.4, 0.5) is 5.13 Å². The smallest absolute Gasteiger partial charge is 0.205 e. The molecule has 5 heteroatoms. The molecule has 1 aromatic rings. The quantitative estimate of drug-likeness (QED) is 0.719. The summed E-state index contributed by atoms with van der Waals surface area (Å²) in [5.41, 5.74) is 0. The van der Waals surface area contributed by atoms with Crippen LogP contribution >= 0.6 is 11.5 Å². The molecule has 1 aliphatic rings. The maximum absolute atomic E-state index is 4.37. The van der Waals surface area contributed by atoms with Crippen molar-refractivity contribution in [3.63, 3.8) is 0 Å². The molecule has 1 unspecified atom stereocenters. The molecule has 0 aliphatic carbocycles. The molecule has 1 aliphatic heterocycles. The van der Waals surface area contributed by atoms with E-state index in [-0.39, 0.29) is 0 Å². The van der Waals surface area contributed by atoms with Crippen molar-refractivity contribution in [2.24, 2.45) is 0 Å². The van der Waals surface area contributed by atoms with E-state index < -0.39 is 0 Å². The van der Waals surface area contributed by atoms with Gasteiger partial charge in [-0.15, -0.1) is 0 Å². The zero-order valence-corrected chi connectivity index (χ0v) is 8.77. The summed E-state index contributed by atoms with van der Waals surface area (Å²) >= 11 is 1.50. The fraction of sp³-hybridized carbons (Fsp3) is 0.750. The molecule has 0 spiro atoms. The summed E-state index contributed by atoms with van der Waals surface area (Å²) in [4.78, 5) is 6.67. The number of piperazine rings is 1. The molecule has 0 saturated carbocycles. The average Bonchev–Trinajstić information content (AvgIpc) is 2.52. The topological polar surface area (TPSA) is 41.1 Å². The van der Waals surface area contributed by atoms with Crippen molar-refractivity contribution in [3.05, 3.63) is 5.82 Å². The number of nitrogens with zero attached hydrogens (tertiary/aromatic N) is 3. The van der Waals surface area contributed by atoms with Gasteiger partial charge in [-0.05, 0) is 13.8 Å². The van der Waals surface area contributed by atoms with Crippen molar-refractivity contribution >= 4 is 16.7 Å². The van der Waals surface area contributed by atoms with Crippen molar-refractivity contribution in [2.75, 3.05) is 24.5 Å². The molecule has 1 aromatic heterocycles. The number of rotatable bonds is 1. The van der Waals surface area contributed by atoms with Gasteiger partial charge < -0.3 is 10.2 Å². The zero-order valence-electron chi connectivity index (χ0n) is 7.95. The number of aryl methyl sites for hydroxylation is 1. The normalized spacial score (nSPS) is 23.5. The van der Waals surface area contributed by atoms with E-state index in [1.54, 1.807) is 0 Å². The fourth-order valence-electron chi connectivity index (χ4n) is 1.52. The van der Waals surface area contributed by atoms with Crippen LogP contribution in [0.25, 0.3) is 0 Å². The minimum Gasteiger partial charge on any atom is -0.344 e. The number of anilines is 1. The second-order valence-electron chi connectivity index (χ2n) is 3.43. The molecule has 2 rings (SSSR count). The monoisotopic (exact) mass is 198 g/mol. The first kappa shape index (κ1) is 8.90. The van der Waals surface area contributed by atoms with Crippen molar-refractivity contribution in [1.82, 2.24) is 14.7 Å². The zero-order chi connectivity index (χ0) is 9.26. The molecule has 1 N–H and O–H groups in total. The number of nitrogens with one attached hydrogen (secondary N) is 1. The van der Waals surface area contributed by atoms with E-state index in [2.05, 4.69) is 26.5 Å². The van der Waals surface area contributed by atoms with Gasteiger partial charge >= 0.3 is 0 Å². The summed E-state index contributed by atoms with van der Waals surface area (Å²) in [5.74, 6) is 0.881. The predicted octanol–water partition coefficient (Wildman–Crippen LogP) is 0.645. The van der Waals surface area contributed by atoms with Gasteiger partial charge in [-0.25, -0.2) is 4.98 Å². The van der Waals surface area contributed by atoms with Gasteiger partial charge in [0.05, 0.1) is 0 Å². The maximum Gasteiger partial charge on any atom is 0.205 e. The molecule has 4 nitrogen and oxygen atoms in total. The summed E-state index contributed by atoms with van der Waals surface area (Å²) in [5, 5.41) is 4.46. The maximum atomic E-state index is 4.37. The summed E-state index contributed by atoms with van der Waals surface area (Å²) in [6, 6.07) is 0.554. The second kappa shape index (κ2) is 3.59. The van der Waals surface area contributed by atoms with Gasteiger partial charge in [0.2, 0.25) is 5.13 Å². The van der Waals surface area contributed by atoms with Crippen LogP contribution < -0.4 is 10.2 Å². The first-order chi connectivity index (χ1) is 6.25. The summed E-state index contributed by atoms with van der Waals surface area (Å²) in [6.07, 6.45) is 0. The fourth-order valence-corrected chi connectivity index (χ4v) is 2.23. The van der Waals surface area contributed by atoms with Gasteiger partial charge in [-0.2, -0.15) is 4.37 Å². The van der Waals surface area contributed by atoms with E-state index in [1.165, 1.54) is 11.5 Å². The third-order valence-electron chi connectivity index (χ3n) is 2.16. The number of hydrogen-bond acceptors (Lipinski definition) is 5. The first-order valence-corrected chi connectivity index (χ1v) is 5.31. The van der Waals surface area contributed by atoms with Crippen LogP contribution in [-0.4, -0.2) is 35.0 Å². The van der Waals surface area contributed by atoms with Crippen LogP contribution in [0.1, 0.15) is 12.7 Å². The number of aromatic nitrogens is 2. The molecular weight excluding hydrogens is 184 g/mol. The van der Waals surface area contributed by atoms with Crippen molar-refractivity contribution < 1.29 is 0 Å². The second-order valence-corrected chi connectivity index (χ2v) is 4.16. The lowest BCUT2D eigenvalue weighted by Crippen LogP contribution is -2.49. The van der Waals surface area contributed by atoms with Gasteiger partial charge in [0.1, 0.15) is 5.82 Å². The molecule has 0 aromatic carbocycles. The number of hydrogen-bond donors (Lipinski definition) is 1. The average molecular weight is 198 g/mol. The lowest BCUT2D eigenvalue weighted by Gasteiger charge is -2.31. The van der Waals surface area contributed by atoms with E-state index in [0.717, 1.165) is 30.6 Å². The highest BCUT2D eigenvalue weighted by molar-refractivity contribution is 7.09. The Morgan fingerprint density at radius 3 is 3.08 bits per heavy atom. The Bertz CT molecular complexity index is 285. The Kier molecular flexibility index (Phi) is 2.46. The van der Waals surface area contributed by atoms with Crippen LogP contribution in [0.15, 0.2) is 0 Å². The lowest BCUT2D eigenvalue weighted by atomic mass is 10.2. The van der Waals surface area contributed by atoms with E-state index in [0.29, 0.717) is 6.04 Å². The Labute approximate surface area is 82.1 Å². The van der Waals surface area contributed by atoms with Gasteiger partial charge in [0, 0.05) is 37.2 Å². The van der Waals surface area contributed by atoms with Gasteiger partial charge in [0.15, 0.2) is 0 Å². The molecule has 1 saturated heterocycles. The minimum atomic E-state index is 0.554. The summed E-state index contributed by atoms with van der Waals surface area (Å²) < 4.78 is 4.19. The van der Waals surface area contributed by atoms with Crippen molar-refractivity contribution in [2.45, 2.75) is 19.9 Å². The molecule has 0 bridgehead atoms. The molecule has 13 heavy (non-hydrogen) atoms. The van der Waals surface area contributed by atoms with E-state index >= 15 is 0 Å². The third kappa shape index (κ3) is 1.97. The molecule has 1 atom stereocenters. The predicted molar refractivity (Wildman–Crippen MR) is 54.3 cm³/mol. The summed E-state index contributed by atoms with van der Waals surface area (Å²) in [6.45, 7) is 7.25. The molecular formula is C8H14N4S. The minimum absolute atomic E-state index is 0.554. The largest absolute Gasteiger partial charge is 0.344 e. The lowest BCUT2D eigenvalue weighted by molar-refractivity contribution is 0.484. The third-order valence-corrected chi connectivity index (χ3v) is 3.02. The van der Waals surface area contributed by atoms with E-state index in [1.807, 2.05) is 6.92 Å². The van der Waals surface area contributed by atoms with Gasteiger partial charge in [-0.3, -0.25) is 0 Å². The van der Waals surface area contributed by atoms with Crippen LogP contribution in [0.5, 0.6) is 0 Å². The summed E-state index contributed by atoms with van der Waals surface area (Å²) in [7, 11) is 0. The van der Waals surface area contributed by atoms with Crippen molar-refractivity contribution in [1.29, 1.82) is 0 Å². The van der Waals surface area contributed by atoms with E-state index in [9.17, 15) is 0 Å². The van der Waals surface area contributed by atoms with Crippen LogP contribution in [0.3, 0.4) is 0 Å². The SMILES string of the molecule is Cc1nsc(N2CCNC(C)C2)n1. The molecule has 0 radical (unpaired) electrons.